The van der Waals surface area contributed by atoms with Crippen molar-refractivity contribution in [2.75, 3.05) is 0 Å². The fourth-order valence-electron chi connectivity index (χ4n) is 4.30. The Hall–Kier alpha value is 0.423. The Morgan fingerprint density at radius 2 is 1.68 bits per heavy atom. The average molecular weight is 416 g/mol. The third-order valence-corrected chi connectivity index (χ3v) is 7.55. The van der Waals surface area contributed by atoms with Crippen LogP contribution >= 0.6 is 0 Å². The molecule has 3 rings (SSSR count). The largest absolute Gasteiger partial charge is 1.00 e. The summed E-state index contributed by atoms with van der Waals surface area (Å²) in [5, 5.41) is 0. The summed E-state index contributed by atoms with van der Waals surface area (Å²) < 4.78 is 0.714. The molecule has 1 aromatic rings. The Labute approximate surface area is 163 Å². The van der Waals surface area contributed by atoms with E-state index in [9.17, 15) is 0 Å². The van der Waals surface area contributed by atoms with Crippen LogP contribution in [0.15, 0.2) is 23.8 Å². The van der Waals surface area contributed by atoms with E-state index in [2.05, 4.69) is 52.0 Å². The van der Waals surface area contributed by atoms with Gasteiger partial charge in [-0.3, -0.25) is 0 Å². The molecule has 0 radical (unpaired) electrons. The van der Waals surface area contributed by atoms with Gasteiger partial charge in [-0.15, -0.1) is 0 Å². The first-order valence-corrected chi connectivity index (χ1v) is 9.44. The standard InChI is InChI=1S/C19H25.2ClH.Zr/c1-12-8-9-18(15(4)14(12)3)17-10-16-7-5-6-13(2)19(16)11-17;;;/h5-7,10-12,14-15,18H,8-9H2,1-4H3;2*1H;/q;;;+2/p-2. The molecule has 1 fully saturated rings. The van der Waals surface area contributed by atoms with Gasteiger partial charge in [0.15, 0.2) is 0 Å². The van der Waals surface area contributed by atoms with Gasteiger partial charge < -0.3 is 24.8 Å². The molecule has 0 nitrogen and oxygen atoms in total. The summed E-state index contributed by atoms with van der Waals surface area (Å²) in [7, 11) is 0. The minimum Gasteiger partial charge on any atom is -1.00 e. The van der Waals surface area contributed by atoms with Gasteiger partial charge in [-0.05, 0) is 0 Å². The van der Waals surface area contributed by atoms with Gasteiger partial charge in [-0.2, -0.15) is 0 Å². The molecule has 119 valence electrons. The first-order chi connectivity index (χ1) is 9.50. The normalized spacial score (nSPS) is 33.4. The number of hydrogen-bond acceptors (Lipinski definition) is 0. The van der Waals surface area contributed by atoms with Crippen LogP contribution in [0.4, 0.5) is 0 Å². The smallest absolute Gasteiger partial charge is 1.00 e. The molecular formula is C19H25Cl2Zr. The molecular weight excluding hydrogens is 390 g/mol. The maximum atomic E-state index is 2.53. The van der Waals surface area contributed by atoms with Crippen LogP contribution in [0.2, 0.25) is 0 Å². The van der Waals surface area contributed by atoms with Gasteiger partial charge in [0.25, 0.3) is 0 Å². The molecule has 0 aliphatic heterocycles. The number of hydrogen-bond donors (Lipinski definition) is 0. The van der Waals surface area contributed by atoms with Crippen LogP contribution in [-0.2, 0) is 24.7 Å². The molecule has 1 saturated carbocycles. The van der Waals surface area contributed by atoms with E-state index in [0.717, 1.165) is 23.7 Å². The summed E-state index contributed by atoms with van der Waals surface area (Å²) in [6, 6.07) is 6.80. The zero-order valence-electron chi connectivity index (χ0n) is 13.9. The van der Waals surface area contributed by atoms with Crippen molar-refractivity contribution < 1.29 is 49.5 Å². The van der Waals surface area contributed by atoms with Crippen LogP contribution in [0.3, 0.4) is 0 Å². The number of aryl methyl sites for hydroxylation is 1. The fourth-order valence-corrected chi connectivity index (χ4v) is 6.00. The van der Waals surface area contributed by atoms with E-state index >= 15 is 0 Å². The Morgan fingerprint density at radius 3 is 2.32 bits per heavy atom. The summed E-state index contributed by atoms with van der Waals surface area (Å²) in [4.78, 5) is 0. The number of benzene rings is 1. The Kier molecular flexibility index (Phi) is 7.44. The molecule has 0 spiro atoms. The van der Waals surface area contributed by atoms with Crippen molar-refractivity contribution in [2.24, 2.45) is 23.7 Å². The van der Waals surface area contributed by atoms with Gasteiger partial charge in [-0.1, -0.05) is 0 Å². The molecule has 3 heteroatoms. The van der Waals surface area contributed by atoms with Crippen LogP contribution < -0.4 is 24.8 Å². The molecule has 0 bridgehead atoms. The molecule has 2 aliphatic carbocycles. The van der Waals surface area contributed by atoms with Gasteiger partial charge in [0.1, 0.15) is 0 Å². The first-order valence-electron chi connectivity index (χ1n) is 8.02. The van der Waals surface area contributed by atoms with E-state index in [1.54, 1.807) is 35.9 Å². The molecule has 0 aromatic heterocycles. The molecule has 5 atom stereocenters. The van der Waals surface area contributed by atoms with Gasteiger partial charge >= 0.3 is 139 Å². The van der Waals surface area contributed by atoms with Crippen molar-refractivity contribution in [3.63, 3.8) is 0 Å². The number of rotatable bonds is 1. The van der Waals surface area contributed by atoms with Crippen molar-refractivity contribution >= 4 is 6.08 Å². The van der Waals surface area contributed by atoms with Crippen LogP contribution in [0, 0.1) is 30.6 Å². The average Bonchev–Trinajstić information content (AvgIpc) is 2.75. The summed E-state index contributed by atoms with van der Waals surface area (Å²) in [6.45, 7) is 9.67. The van der Waals surface area contributed by atoms with Gasteiger partial charge in [0, 0.05) is 0 Å². The molecule has 0 N–H and O–H groups in total. The van der Waals surface area contributed by atoms with Crippen molar-refractivity contribution in [2.45, 2.75) is 44.2 Å². The second-order valence-electron chi connectivity index (χ2n) is 7.03. The van der Waals surface area contributed by atoms with Crippen molar-refractivity contribution in [3.05, 3.63) is 40.5 Å². The van der Waals surface area contributed by atoms with E-state index in [-0.39, 0.29) is 24.8 Å². The van der Waals surface area contributed by atoms with Gasteiger partial charge in [-0.25, -0.2) is 0 Å². The third kappa shape index (κ3) is 3.43. The molecule has 2 aliphatic rings. The third-order valence-electron chi connectivity index (χ3n) is 6.02. The SMILES string of the molecule is Cc1cccc2c1[CH]([Zr+2])C(C1CCC(C)C(C)C1C)=C2.[Cl-].[Cl-]. The predicted octanol–water partition coefficient (Wildman–Crippen LogP) is -0.694. The van der Waals surface area contributed by atoms with Crippen LogP contribution in [0.1, 0.15) is 53.9 Å². The molecule has 1 aromatic carbocycles. The summed E-state index contributed by atoms with van der Waals surface area (Å²) in [5.41, 5.74) is 6.36. The van der Waals surface area contributed by atoms with Gasteiger partial charge in [0.2, 0.25) is 0 Å². The zero-order chi connectivity index (χ0) is 14.4. The molecule has 22 heavy (non-hydrogen) atoms. The predicted molar refractivity (Wildman–Crippen MR) is 82.1 cm³/mol. The van der Waals surface area contributed by atoms with E-state index in [1.807, 2.05) is 0 Å². The Morgan fingerprint density at radius 1 is 1.00 bits per heavy atom. The number of fused-ring (bicyclic) bond motifs is 1. The van der Waals surface area contributed by atoms with Crippen molar-refractivity contribution in [1.29, 1.82) is 0 Å². The molecule has 0 heterocycles. The number of halogens is 2. The first kappa shape index (κ1) is 20.5. The summed E-state index contributed by atoms with van der Waals surface area (Å²) in [5.74, 6) is 3.41. The second kappa shape index (κ2) is 8.00. The maximum absolute atomic E-state index is 2.53. The van der Waals surface area contributed by atoms with Crippen molar-refractivity contribution in [1.82, 2.24) is 0 Å². The Bertz CT molecular complexity index is 552. The Balaban J connectivity index is 0.00000121. The van der Waals surface area contributed by atoms with E-state index in [0.29, 0.717) is 3.63 Å². The van der Waals surface area contributed by atoms with Crippen LogP contribution in [0.5, 0.6) is 0 Å². The topological polar surface area (TPSA) is 0 Å². The molecule has 0 amide bonds. The van der Waals surface area contributed by atoms with E-state index in [4.69, 9.17) is 0 Å². The minimum absolute atomic E-state index is 0. The van der Waals surface area contributed by atoms with E-state index < -0.39 is 0 Å². The molecule has 5 unspecified atom stereocenters. The van der Waals surface area contributed by atoms with E-state index in [1.165, 1.54) is 24.0 Å². The van der Waals surface area contributed by atoms with Crippen LogP contribution in [0.25, 0.3) is 6.08 Å². The summed E-state index contributed by atoms with van der Waals surface area (Å²) >= 11 is 1.66. The number of allylic oxidation sites excluding steroid dienone is 1. The van der Waals surface area contributed by atoms with Crippen LogP contribution in [-0.4, -0.2) is 0 Å². The second-order valence-corrected chi connectivity index (χ2v) is 8.45. The van der Waals surface area contributed by atoms with Gasteiger partial charge in [0.05, 0.1) is 0 Å². The zero-order valence-corrected chi connectivity index (χ0v) is 17.8. The monoisotopic (exact) mass is 413 g/mol. The minimum atomic E-state index is 0. The fraction of sp³-hybridized carbons (Fsp3) is 0.579. The molecule has 0 saturated heterocycles. The van der Waals surface area contributed by atoms with Crippen molar-refractivity contribution in [3.8, 4) is 0 Å². The maximum Gasteiger partial charge on any atom is -1.00 e. The summed E-state index contributed by atoms with van der Waals surface area (Å²) in [6.07, 6.45) is 5.34. The quantitative estimate of drug-likeness (QED) is 0.570.